The Morgan fingerprint density at radius 1 is 0.489 bits per heavy atom. The molecule has 0 aliphatic rings. The molecule has 7 rings (SSSR count). The second-order valence-corrected chi connectivity index (χ2v) is 11.1. The predicted octanol–water partition coefficient (Wildman–Crippen LogP) is 10.3. The van der Waals surface area contributed by atoms with Crippen molar-refractivity contribution in [2.45, 2.75) is 6.92 Å². The monoisotopic (exact) mass is 605 g/mol. The van der Waals surface area contributed by atoms with E-state index >= 15 is 0 Å². The van der Waals surface area contributed by atoms with E-state index in [-0.39, 0.29) is 0 Å². The van der Waals surface area contributed by atoms with Gasteiger partial charge in [-0.25, -0.2) is 24.9 Å². The van der Waals surface area contributed by atoms with Gasteiger partial charge in [-0.2, -0.15) is 0 Å². The number of allylic oxidation sites excluding steroid dienone is 1. The standard InChI is InChI=1S/C42H31N5/c1-3-26-44-39(43-2)34-20-14-29(15-21-34)36-24-18-31-19-25-37(28-38(31)27-36)30-16-22-35(23-17-30)42-46-40(32-10-6-4-7-11-32)45-41(47-42)33-12-8-5-9-13-33/h3-28H,2H2,1H3/b26-3-,44-39-. The van der Waals surface area contributed by atoms with Gasteiger partial charge in [-0.05, 0) is 58.8 Å². The van der Waals surface area contributed by atoms with Crippen molar-refractivity contribution in [3.8, 4) is 56.4 Å². The van der Waals surface area contributed by atoms with Crippen LogP contribution in [-0.4, -0.2) is 27.5 Å². The molecule has 6 aromatic carbocycles. The topological polar surface area (TPSA) is 63.4 Å². The molecule has 0 N–H and O–H groups in total. The van der Waals surface area contributed by atoms with Crippen molar-refractivity contribution in [2.75, 3.05) is 0 Å². The molecule has 0 spiro atoms. The van der Waals surface area contributed by atoms with Gasteiger partial charge in [-0.15, -0.1) is 0 Å². The predicted molar refractivity (Wildman–Crippen MR) is 195 cm³/mol. The summed E-state index contributed by atoms with van der Waals surface area (Å²) in [5.41, 5.74) is 8.30. The van der Waals surface area contributed by atoms with Crippen molar-refractivity contribution in [2.24, 2.45) is 9.98 Å². The Labute approximate surface area is 274 Å². The van der Waals surface area contributed by atoms with E-state index in [1.54, 1.807) is 6.20 Å². The van der Waals surface area contributed by atoms with Crippen LogP contribution >= 0.6 is 0 Å². The Balaban J connectivity index is 1.19. The Bertz CT molecular complexity index is 2180. The summed E-state index contributed by atoms with van der Waals surface area (Å²) in [5, 5.41) is 2.36. The highest BCUT2D eigenvalue weighted by Crippen LogP contribution is 2.31. The van der Waals surface area contributed by atoms with Crippen LogP contribution in [-0.2, 0) is 0 Å². The minimum atomic E-state index is 0.604. The smallest absolute Gasteiger partial charge is 0.164 e. The van der Waals surface area contributed by atoms with Gasteiger partial charge in [-0.1, -0.05) is 140 Å². The molecule has 1 heterocycles. The van der Waals surface area contributed by atoms with Crippen LogP contribution in [0.25, 0.3) is 67.2 Å². The van der Waals surface area contributed by atoms with Gasteiger partial charge in [0.1, 0.15) is 0 Å². The zero-order valence-corrected chi connectivity index (χ0v) is 26.0. The Kier molecular flexibility index (Phi) is 8.34. The lowest BCUT2D eigenvalue weighted by molar-refractivity contribution is 1.07. The van der Waals surface area contributed by atoms with Gasteiger partial charge in [-0.3, -0.25) is 0 Å². The maximum atomic E-state index is 4.87. The van der Waals surface area contributed by atoms with Crippen molar-refractivity contribution >= 4 is 23.3 Å². The van der Waals surface area contributed by atoms with E-state index in [0.717, 1.165) is 44.5 Å². The third-order valence-electron chi connectivity index (χ3n) is 7.99. The first-order chi connectivity index (χ1) is 23.2. The summed E-state index contributed by atoms with van der Waals surface area (Å²) >= 11 is 0. The third-order valence-corrected chi connectivity index (χ3v) is 7.99. The van der Waals surface area contributed by atoms with Crippen molar-refractivity contribution in [1.29, 1.82) is 0 Å². The van der Waals surface area contributed by atoms with Gasteiger partial charge >= 0.3 is 0 Å². The molecule has 0 saturated carbocycles. The molecule has 0 aliphatic heterocycles. The summed E-state index contributed by atoms with van der Waals surface area (Å²) < 4.78 is 0. The summed E-state index contributed by atoms with van der Waals surface area (Å²) in [6, 6.07) is 49.9. The van der Waals surface area contributed by atoms with E-state index in [9.17, 15) is 0 Å². The van der Waals surface area contributed by atoms with Gasteiger partial charge in [0.15, 0.2) is 23.3 Å². The Hall–Kier alpha value is -6.33. The van der Waals surface area contributed by atoms with Crippen LogP contribution in [0.4, 0.5) is 0 Å². The number of nitrogens with zero attached hydrogens (tertiary/aromatic N) is 5. The van der Waals surface area contributed by atoms with Crippen molar-refractivity contribution in [3.63, 3.8) is 0 Å². The average Bonchev–Trinajstić information content (AvgIpc) is 3.15. The highest BCUT2D eigenvalue weighted by atomic mass is 15.0. The SMILES string of the molecule is C=N/C(=N\C=C/C)c1ccc(-c2ccc3ccc(-c4ccc(-c5nc(-c6ccccc6)nc(-c6ccccc6)n5)cc4)cc3c2)cc1. The molecule has 0 radical (unpaired) electrons. The summed E-state index contributed by atoms with van der Waals surface area (Å²) in [7, 11) is 0. The van der Waals surface area contributed by atoms with E-state index in [1.165, 1.54) is 10.8 Å². The number of aliphatic imine (C=N–C) groups is 2. The number of hydrogen-bond donors (Lipinski definition) is 0. The number of amidine groups is 1. The zero-order chi connectivity index (χ0) is 32.0. The fourth-order valence-corrected chi connectivity index (χ4v) is 5.52. The first-order valence-electron chi connectivity index (χ1n) is 15.5. The van der Waals surface area contributed by atoms with Gasteiger partial charge in [0.05, 0.1) is 0 Å². The maximum Gasteiger partial charge on any atom is 0.164 e. The van der Waals surface area contributed by atoms with Gasteiger partial charge in [0, 0.05) is 28.5 Å². The molecule has 0 aliphatic carbocycles. The van der Waals surface area contributed by atoms with Crippen molar-refractivity contribution < 1.29 is 0 Å². The molecule has 5 heteroatoms. The van der Waals surface area contributed by atoms with Gasteiger partial charge in [0.2, 0.25) is 0 Å². The lowest BCUT2D eigenvalue weighted by atomic mass is 9.96. The number of aromatic nitrogens is 3. The van der Waals surface area contributed by atoms with Gasteiger partial charge in [0.25, 0.3) is 0 Å². The average molecular weight is 606 g/mol. The number of fused-ring (bicyclic) bond motifs is 1. The first kappa shape index (κ1) is 29.4. The van der Waals surface area contributed by atoms with Crippen LogP contribution in [0.3, 0.4) is 0 Å². The van der Waals surface area contributed by atoms with Crippen LogP contribution in [0.5, 0.6) is 0 Å². The molecule has 224 valence electrons. The van der Waals surface area contributed by atoms with E-state index in [2.05, 4.69) is 89.5 Å². The lowest BCUT2D eigenvalue weighted by Crippen LogP contribution is -2.00. The van der Waals surface area contributed by atoms with E-state index in [0.29, 0.717) is 23.3 Å². The highest BCUT2D eigenvalue weighted by Gasteiger charge is 2.12. The van der Waals surface area contributed by atoms with E-state index in [1.807, 2.05) is 85.8 Å². The van der Waals surface area contributed by atoms with Crippen LogP contribution in [0.1, 0.15) is 12.5 Å². The molecule has 1 aromatic heterocycles. The van der Waals surface area contributed by atoms with Gasteiger partial charge < -0.3 is 0 Å². The molecule has 0 bridgehead atoms. The highest BCUT2D eigenvalue weighted by molar-refractivity contribution is 6.02. The molecule has 47 heavy (non-hydrogen) atoms. The fraction of sp³-hybridized carbons (Fsp3) is 0.0238. The van der Waals surface area contributed by atoms with Crippen molar-refractivity contribution in [1.82, 2.24) is 15.0 Å². The fourth-order valence-electron chi connectivity index (χ4n) is 5.52. The maximum absolute atomic E-state index is 4.87. The van der Waals surface area contributed by atoms with E-state index in [4.69, 9.17) is 15.0 Å². The second kappa shape index (κ2) is 13.3. The Morgan fingerprint density at radius 2 is 0.915 bits per heavy atom. The number of rotatable bonds is 7. The minimum Gasteiger partial charge on any atom is -0.245 e. The third kappa shape index (κ3) is 6.42. The molecule has 0 saturated heterocycles. The number of hydrogen-bond acceptors (Lipinski definition) is 4. The molecule has 0 fully saturated rings. The summed E-state index contributed by atoms with van der Waals surface area (Å²) in [4.78, 5) is 23.0. The summed E-state index contributed by atoms with van der Waals surface area (Å²) in [6.45, 7) is 5.59. The zero-order valence-electron chi connectivity index (χ0n) is 26.0. The van der Waals surface area contributed by atoms with Crippen LogP contribution in [0.2, 0.25) is 0 Å². The quantitative estimate of drug-likeness (QED) is 0.134. The molecule has 7 aromatic rings. The van der Waals surface area contributed by atoms with Crippen molar-refractivity contribution in [3.05, 3.63) is 163 Å². The minimum absolute atomic E-state index is 0.604. The summed E-state index contributed by atoms with van der Waals surface area (Å²) in [6.07, 6.45) is 3.60. The Morgan fingerprint density at radius 3 is 1.38 bits per heavy atom. The van der Waals surface area contributed by atoms with Crippen LogP contribution < -0.4 is 0 Å². The molecular weight excluding hydrogens is 574 g/mol. The molecule has 0 amide bonds. The lowest BCUT2D eigenvalue weighted by Gasteiger charge is -2.10. The second-order valence-electron chi connectivity index (χ2n) is 11.1. The normalized spacial score (nSPS) is 11.6. The van der Waals surface area contributed by atoms with E-state index < -0.39 is 0 Å². The molecule has 0 unspecified atom stereocenters. The number of benzene rings is 6. The molecule has 0 atom stereocenters. The molecular formula is C42H31N5. The van der Waals surface area contributed by atoms with Crippen LogP contribution in [0, 0.1) is 0 Å². The first-order valence-corrected chi connectivity index (χ1v) is 15.5. The van der Waals surface area contributed by atoms with Crippen LogP contribution in [0.15, 0.2) is 168 Å². The molecule has 5 nitrogen and oxygen atoms in total. The largest absolute Gasteiger partial charge is 0.245 e. The summed E-state index contributed by atoms with van der Waals surface area (Å²) in [5.74, 6) is 2.55.